The van der Waals surface area contributed by atoms with Gasteiger partial charge in [0.1, 0.15) is 17.2 Å². The second-order valence-electron chi connectivity index (χ2n) is 8.90. The maximum absolute atomic E-state index is 13.8. The summed E-state index contributed by atoms with van der Waals surface area (Å²) in [6, 6.07) is 17.1. The maximum atomic E-state index is 13.8. The molecule has 1 unspecified atom stereocenters. The van der Waals surface area contributed by atoms with Crippen LogP contribution >= 0.6 is 0 Å². The minimum atomic E-state index is -0.495. The van der Waals surface area contributed by atoms with Gasteiger partial charge in [-0.1, -0.05) is 18.2 Å². The molecule has 0 spiro atoms. The fraction of sp³-hybridized carbons (Fsp3) is 0.393. The van der Waals surface area contributed by atoms with Crippen LogP contribution in [0.4, 0.5) is 5.69 Å². The van der Waals surface area contributed by atoms with Crippen LogP contribution in [0.5, 0.6) is 17.2 Å². The van der Waals surface area contributed by atoms with Crippen LogP contribution in [-0.4, -0.2) is 68.7 Å². The fourth-order valence-electron chi connectivity index (χ4n) is 4.94. The first-order valence-electron chi connectivity index (χ1n) is 12.2. The molecule has 1 saturated heterocycles. The number of aryl methyl sites for hydroxylation is 1. The number of ether oxygens (including phenoxy) is 3. The van der Waals surface area contributed by atoms with Crippen molar-refractivity contribution in [2.45, 2.75) is 19.5 Å². The van der Waals surface area contributed by atoms with E-state index in [0.29, 0.717) is 49.0 Å². The van der Waals surface area contributed by atoms with Crippen molar-refractivity contribution in [3.05, 3.63) is 81.8 Å². The van der Waals surface area contributed by atoms with Crippen LogP contribution in [0.3, 0.4) is 0 Å². The number of benzene rings is 2. The van der Waals surface area contributed by atoms with Gasteiger partial charge in [-0.25, -0.2) is 0 Å². The van der Waals surface area contributed by atoms with Gasteiger partial charge in [-0.2, -0.15) is 0 Å². The van der Waals surface area contributed by atoms with Gasteiger partial charge in [-0.15, -0.1) is 0 Å². The predicted octanol–water partition coefficient (Wildman–Crippen LogP) is 3.44. The number of hydrogen-bond acceptors (Lipinski definition) is 7. The highest BCUT2D eigenvalue weighted by molar-refractivity contribution is 5.50. The molecule has 0 aliphatic carbocycles. The second kappa shape index (κ2) is 11.5. The third-order valence-corrected chi connectivity index (χ3v) is 6.85. The molecule has 2 aromatic carbocycles. The molecule has 4 rings (SSSR count). The number of aromatic nitrogens is 1. The Labute approximate surface area is 212 Å². The highest BCUT2D eigenvalue weighted by Gasteiger charge is 2.33. The van der Waals surface area contributed by atoms with Gasteiger partial charge in [-0.05, 0) is 37.3 Å². The number of rotatable bonds is 9. The summed E-state index contributed by atoms with van der Waals surface area (Å²) in [4.78, 5) is 18.4. The Balaban J connectivity index is 1.79. The van der Waals surface area contributed by atoms with Crippen molar-refractivity contribution >= 4 is 5.69 Å². The minimum Gasteiger partial charge on any atom is -0.507 e. The second-order valence-corrected chi connectivity index (χ2v) is 8.90. The monoisotopic (exact) mass is 493 g/mol. The van der Waals surface area contributed by atoms with Crippen molar-refractivity contribution in [1.82, 2.24) is 9.47 Å². The third kappa shape index (κ3) is 5.20. The van der Waals surface area contributed by atoms with Crippen molar-refractivity contribution in [1.29, 1.82) is 0 Å². The van der Waals surface area contributed by atoms with Crippen LogP contribution in [0.1, 0.15) is 22.9 Å². The first-order chi connectivity index (χ1) is 17.5. The van der Waals surface area contributed by atoms with Crippen LogP contribution in [0, 0.1) is 6.92 Å². The van der Waals surface area contributed by atoms with Gasteiger partial charge >= 0.3 is 0 Å². The molecular weight excluding hydrogens is 458 g/mol. The van der Waals surface area contributed by atoms with Gasteiger partial charge in [0.25, 0.3) is 5.56 Å². The highest BCUT2D eigenvalue weighted by atomic mass is 16.5. The Morgan fingerprint density at radius 2 is 1.67 bits per heavy atom. The zero-order valence-electron chi connectivity index (χ0n) is 21.4. The summed E-state index contributed by atoms with van der Waals surface area (Å²) in [6.07, 6.45) is 0. The van der Waals surface area contributed by atoms with Crippen LogP contribution in [0.15, 0.2) is 59.4 Å². The number of nitrogens with zero attached hydrogens (tertiary/aromatic N) is 3. The van der Waals surface area contributed by atoms with Gasteiger partial charge < -0.3 is 28.8 Å². The molecule has 8 nitrogen and oxygen atoms in total. The number of methoxy groups -OCH3 is 3. The molecule has 1 fully saturated rings. The van der Waals surface area contributed by atoms with Crippen LogP contribution in [-0.2, 0) is 11.3 Å². The lowest BCUT2D eigenvalue weighted by atomic mass is 9.94. The van der Waals surface area contributed by atoms with E-state index in [1.165, 1.54) is 5.69 Å². The SMILES string of the molecule is COCCn1c(C)cc(O)c(C(c2ccc(OC)cc2OC)N2CCN(c3ccccc3)CC2)c1=O. The topological polar surface area (TPSA) is 76.4 Å². The summed E-state index contributed by atoms with van der Waals surface area (Å²) in [5.41, 5.74) is 2.79. The van der Waals surface area contributed by atoms with E-state index in [9.17, 15) is 9.90 Å². The predicted molar refractivity (Wildman–Crippen MR) is 141 cm³/mol. The summed E-state index contributed by atoms with van der Waals surface area (Å²) >= 11 is 0. The van der Waals surface area contributed by atoms with E-state index in [1.54, 1.807) is 32.0 Å². The smallest absolute Gasteiger partial charge is 0.259 e. The highest BCUT2D eigenvalue weighted by Crippen LogP contribution is 2.39. The average molecular weight is 494 g/mol. The number of para-hydroxylation sites is 1. The zero-order chi connectivity index (χ0) is 25.7. The number of hydrogen-bond donors (Lipinski definition) is 1. The first kappa shape index (κ1) is 25.6. The van der Waals surface area contributed by atoms with E-state index < -0.39 is 6.04 Å². The lowest BCUT2D eigenvalue weighted by Gasteiger charge is -2.41. The van der Waals surface area contributed by atoms with Gasteiger partial charge in [-0.3, -0.25) is 9.69 Å². The molecule has 192 valence electrons. The Kier molecular flexibility index (Phi) is 8.18. The van der Waals surface area contributed by atoms with E-state index in [2.05, 4.69) is 21.9 Å². The summed E-state index contributed by atoms with van der Waals surface area (Å²) in [5, 5.41) is 11.1. The average Bonchev–Trinajstić information content (AvgIpc) is 2.91. The quantitative estimate of drug-likeness (QED) is 0.489. The summed E-state index contributed by atoms with van der Waals surface area (Å²) in [7, 11) is 4.82. The van der Waals surface area contributed by atoms with Gasteiger partial charge in [0.15, 0.2) is 0 Å². The van der Waals surface area contributed by atoms with Gasteiger partial charge in [0.05, 0.1) is 32.4 Å². The molecule has 8 heteroatoms. The Hall–Kier alpha value is -3.49. The molecule has 36 heavy (non-hydrogen) atoms. The van der Waals surface area contributed by atoms with Gasteiger partial charge in [0.2, 0.25) is 0 Å². The molecular formula is C28H35N3O5. The van der Waals surface area contributed by atoms with Crippen molar-refractivity contribution in [2.24, 2.45) is 0 Å². The molecule has 1 N–H and O–H groups in total. The molecule has 1 aliphatic rings. The molecule has 3 aromatic rings. The van der Waals surface area contributed by atoms with E-state index in [-0.39, 0.29) is 11.3 Å². The maximum Gasteiger partial charge on any atom is 0.259 e. The van der Waals surface area contributed by atoms with Crippen LogP contribution < -0.4 is 19.9 Å². The third-order valence-electron chi connectivity index (χ3n) is 6.85. The lowest BCUT2D eigenvalue weighted by molar-refractivity contribution is 0.183. The molecule has 0 bridgehead atoms. The van der Waals surface area contributed by atoms with E-state index in [1.807, 2.05) is 43.3 Å². The molecule has 2 heterocycles. The fourth-order valence-corrected chi connectivity index (χ4v) is 4.94. The lowest BCUT2D eigenvalue weighted by Crippen LogP contribution is -2.49. The molecule has 0 radical (unpaired) electrons. The number of pyridine rings is 1. The Morgan fingerprint density at radius 1 is 0.944 bits per heavy atom. The summed E-state index contributed by atoms with van der Waals surface area (Å²) in [5.74, 6) is 1.25. The van der Waals surface area contributed by atoms with Gasteiger partial charge in [0, 0.05) is 62.8 Å². The normalized spacial score (nSPS) is 15.1. The number of aromatic hydroxyl groups is 1. The van der Waals surface area contributed by atoms with Crippen molar-refractivity contribution < 1.29 is 19.3 Å². The van der Waals surface area contributed by atoms with Crippen molar-refractivity contribution in [2.75, 3.05) is 59.0 Å². The molecule has 1 aromatic heterocycles. The van der Waals surface area contributed by atoms with Crippen molar-refractivity contribution in [3.8, 4) is 17.2 Å². The standard InChI is InChI=1S/C28H35N3O5/c1-20-18-24(32)26(28(33)31(20)16-17-34-2)27(23-11-10-22(35-3)19-25(23)36-4)30-14-12-29(13-15-30)21-8-6-5-7-9-21/h5-11,18-19,27,32H,12-17H2,1-4H3. The number of piperazine rings is 1. The molecule has 1 aliphatic heterocycles. The minimum absolute atomic E-state index is 0.0143. The number of anilines is 1. The van der Waals surface area contributed by atoms with Crippen molar-refractivity contribution in [3.63, 3.8) is 0 Å². The zero-order valence-corrected chi connectivity index (χ0v) is 21.4. The largest absolute Gasteiger partial charge is 0.507 e. The Bertz CT molecular complexity index is 1220. The first-order valence-corrected chi connectivity index (χ1v) is 12.2. The van der Waals surface area contributed by atoms with Crippen LogP contribution in [0.25, 0.3) is 0 Å². The van der Waals surface area contributed by atoms with E-state index >= 15 is 0 Å². The molecule has 1 atom stereocenters. The summed E-state index contributed by atoms with van der Waals surface area (Å²) < 4.78 is 18.0. The van der Waals surface area contributed by atoms with Crippen LogP contribution in [0.2, 0.25) is 0 Å². The summed E-state index contributed by atoms with van der Waals surface area (Å²) in [6.45, 7) is 5.63. The van der Waals surface area contributed by atoms with E-state index in [0.717, 1.165) is 18.7 Å². The molecule has 0 saturated carbocycles. The van der Waals surface area contributed by atoms with E-state index in [4.69, 9.17) is 14.2 Å². The molecule has 0 amide bonds. The Morgan fingerprint density at radius 3 is 2.31 bits per heavy atom.